The maximum absolute atomic E-state index is 5.67. The third kappa shape index (κ3) is 5.33. The normalized spacial score (nSPS) is 20.4. The van der Waals surface area contributed by atoms with Crippen molar-refractivity contribution in [3.63, 3.8) is 0 Å². The smallest absolute Gasteiger partial charge is 0.193 e. The molecule has 2 aromatic rings. The topological polar surface area (TPSA) is 67.6 Å². The number of hydrogen-bond acceptors (Lipinski definition) is 4. The molecule has 1 saturated heterocycles. The first-order valence-electron chi connectivity index (χ1n) is 8.74. The monoisotopic (exact) mass is 470 g/mol. The standard InChI is InChI=1S/C18H26N6O.HI/c1-15-5-9-23(13-17(15)24-10-7-21-14-24)18(19-2)22-8-11-25-16-4-3-6-20-12-16;/h3-4,6-7,10,12,14-15,17H,5,8-9,11,13H2,1-2H3,(H,19,22);1H. The van der Waals surface area contributed by atoms with E-state index in [1.807, 2.05) is 37.9 Å². The molecule has 1 aliphatic heterocycles. The lowest BCUT2D eigenvalue weighted by Gasteiger charge is -2.39. The molecule has 0 saturated carbocycles. The maximum Gasteiger partial charge on any atom is 0.193 e. The quantitative estimate of drug-likeness (QED) is 0.315. The van der Waals surface area contributed by atoms with E-state index in [0.717, 1.165) is 31.2 Å². The van der Waals surface area contributed by atoms with Crippen LogP contribution in [0.3, 0.4) is 0 Å². The van der Waals surface area contributed by atoms with E-state index in [4.69, 9.17) is 4.74 Å². The highest BCUT2D eigenvalue weighted by molar-refractivity contribution is 14.0. The predicted octanol–water partition coefficient (Wildman–Crippen LogP) is 2.43. The lowest BCUT2D eigenvalue weighted by Crippen LogP contribution is -2.49. The molecule has 1 fully saturated rings. The minimum Gasteiger partial charge on any atom is -0.490 e. The Hall–Kier alpha value is -1.84. The summed E-state index contributed by atoms with van der Waals surface area (Å²) in [7, 11) is 1.83. The van der Waals surface area contributed by atoms with E-state index in [1.165, 1.54) is 0 Å². The van der Waals surface area contributed by atoms with Gasteiger partial charge in [0.1, 0.15) is 12.4 Å². The fraction of sp³-hybridized carbons (Fsp3) is 0.500. The molecule has 3 rings (SSSR count). The molecule has 2 unspecified atom stereocenters. The van der Waals surface area contributed by atoms with E-state index in [9.17, 15) is 0 Å². The molecule has 3 heterocycles. The summed E-state index contributed by atoms with van der Waals surface area (Å²) in [6.07, 6.45) is 10.4. The number of aromatic nitrogens is 3. The highest BCUT2D eigenvalue weighted by Gasteiger charge is 2.28. The van der Waals surface area contributed by atoms with Gasteiger partial charge < -0.3 is 19.5 Å². The van der Waals surface area contributed by atoms with E-state index >= 15 is 0 Å². The van der Waals surface area contributed by atoms with Gasteiger partial charge in [-0.3, -0.25) is 9.98 Å². The molecule has 142 valence electrons. The van der Waals surface area contributed by atoms with Crippen LogP contribution in [0.4, 0.5) is 0 Å². The zero-order valence-electron chi connectivity index (χ0n) is 15.3. The summed E-state index contributed by atoms with van der Waals surface area (Å²) in [5, 5.41) is 3.40. The van der Waals surface area contributed by atoms with Crippen molar-refractivity contribution in [2.45, 2.75) is 19.4 Å². The molecule has 1 N–H and O–H groups in total. The number of pyridine rings is 1. The van der Waals surface area contributed by atoms with Crippen LogP contribution in [0.5, 0.6) is 5.75 Å². The largest absolute Gasteiger partial charge is 0.490 e. The van der Waals surface area contributed by atoms with Crippen molar-refractivity contribution in [3.05, 3.63) is 43.2 Å². The summed E-state index contributed by atoms with van der Waals surface area (Å²) in [5.74, 6) is 2.33. The highest BCUT2D eigenvalue weighted by atomic mass is 127. The van der Waals surface area contributed by atoms with Crippen molar-refractivity contribution in [1.29, 1.82) is 0 Å². The second-order valence-electron chi connectivity index (χ2n) is 6.30. The van der Waals surface area contributed by atoms with E-state index in [1.54, 1.807) is 12.4 Å². The Labute approximate surface area is 171 Å². The van der Waals surface area contributed by atoms with E-state index in [0.29, 0.717) is 25.1 Å². The highest BCUT2D eigenvalue weighted by Crippen LogP contribution is 2.27. The van der Waals surface area contributed by atoms with Crippen LogP contribution < -0.4 is 10.1 Å². The Kier molecular flexibility index (Phi) is 8.14. The number of nitrogens with zero attached hydrogens (tertiary/aromatic N) is 5. The van der Waals surface area contributed by atoms with Gasteiger partial charge in [-0.25, -0.2) is 4.98 Å². The lowest BCUT2D eigenvalue weighted by atomic mass is 9.93. The predicted molar refractivity (Wildman–Crippen MR) is 113 cm³/mol. The van der Waals surface area contributed by atoms with E-state index < -0.39 is 0 Å². The van der Waals surface area contributed by atoms with Crippen molar-refractivity contribution in [2.75, 3.05) is 33.3 Å². The Bertz CT molecular complexity index is 664. The van der Waals surface area contributed by atoms with Gasteiger partial charge in [0.05, 0.1) is 25.1 Å². The van der Waals surface area contributed by atoms with Crippen LogP contribution in [-0.4, -0.2) is 58.7 Å². The molecule has 7 nitrogen and oxygen atoms in total. The summed E-state index contributed by atoms with van der Waals surface area (Å²) in [6.45, 7) is 5.51. The fourth-order valence-corrected chi connectivity index (χ4v) is 3.19. The zero-order valence-corrected chi connectivity index (χ0v) is 17.6. The molecule has 0 aliphatic carbocycles. The van der Waals surface area contributed by atoms with Crippen molar-refractivity contribution in [2.24, 2.45) is 10.9 Å². The number of piperidine rings is 1. The van der Waals surface area contributed by atoms with Crippen molar-refractivity contribution < 1.29 is 4.74 Å². The first-order chi connectivity index (χ1) is 12.3. The average molecular weight is 470 g/mol. The fourth-order valence-electron chi connectivity index (χ4n) is 3.19. The molecule has 0 amide bonds. The minimum absolute atomic E-state index is 0. The SMILES string of the molecule is CN=C(NCCOc1cccnc1)N1CCC(C)C(n2ccnc2)C1.I. The van der Waals surface area contributed by atoms with Crippen LogP contribution in [0, 0.1) is 5.92 Å². The second-order valence-corrected chi connectivity index (χ2v) is 6.30. The van der Waals surface area contributed by atoms with Gasteiger partial charge in [0.15, 0.2) is 5.96 Å². The van der Waals surface area contributed by atoms with Gasteiger partial charge in [0, 0.05) is 38.7 Å². The van der Waals surface area contributed by atoms with Crippen LogP contribution in [0.1, 0.15) is 19.4 Å². The number of ether oxygens (including phenoxy) is 1. The Morgan fingerprint density at radius 2 is 2.27 bits per heavy atom. The molecule has 0 spiro atoms. The number of guanidine groups is 1. The molecule has 1 aliphatic rings. The van der Waals surface area contributed by atoms with Gasteiger partial charge in [0.2, 0.25) is 0 Å². The summed E-state index contributed by atoms with van der Waals surface area (Å²) >= 11 is 0. The zero-order chi connectivity index (χ0) is 17.5. The van der Waals surface area contributed by atoms with Crippen molar-refractivity contribution in [3.8, 4) is 5.75 Å². The maximum atomic E-state index is 5.67. The van der Waals surface area contributed by atoms with Gasteiger partial charge >= 0.3 is 0 Å². The van der Waals surface area contributed by atoms with Gasteiger partial charge in [-0.1, -0.05) is 6.92 Å². The molecule has 2 atom stereocenters. The van der Waals surface area contributed by atoms with Crippen LogP contribution >= 0.6 is 24.0 Å². The Balaban J connectivity index is 0.00000243. The Morgan fingerprint density at radius 1 is 1.38 bits per heavy atom. The second kappa shape index (κ2) is 10.3. The molecule has 8 heteroatoms. The first kappa shape index (κ1) is 20.5. The molecule has 0 aromatic carbocycles. The van der Waals surface area contributed by atoms with Crippen LogP contribution in [0.15, 0.2) is 48.2 Å². The number of nitrogens with one attached hydrogen (secondary N) is 1. The summed E-state index contributed by atoms with van der Waals surface area (Å²) in [5.41, 5.74) is 0. The molecule has 26 heavy (non-hydrogen) atoms. The van der Waals surface area contributed by atoms with E-state index in [-0.39, 0.29) is 24.0 Å². The number of likely N-dealkylation sites (tertiary alicyclic amines) is 1. The minimum atomic E-state index is 0. The van der Waals surface area contributed by atoms with E-state index in [2.05, 4.69) is 36.7 Å². The van der Waals surface area contributed by atoms with Gasteiger partial charge in [0.25, 0.3) is 0 Å². The third-order valence-corrected chi connectivity index (χ3v) is 4.63. The molecule has 0 radical (unpaired) electrons. The number of imidazole rings is 1. The number of halogens is 1. The summed E-state index contributed by atoms with van der Waals surface area (Å²) < 4.78 is 7.88. The summed E-state index contributed by atoms with van der Waals surface area (Å²) in [4.78, 5) is 15.0. The molecular formula is C18H27IN6O. The Morgan fingerprint density at radius 3 is 2.96 bits per heavy atom. The van der Waals surface area contributed by atoms with Gasteiger partial charge in [-0.15, -0.1) is 24.0 Å². The average Bonchev–Trinajstić information content (AvgIpc) is 3.18. The van der Waals surface area contributed by atoms with Gasteiger partial charge in [-0.2, -0.15) is 0 Å². The number of aliphatic imine (C=N–C) groups is 1. The summed E-state index contributed by atoms with van der Waals surface area (Å²) in [6, 6.07) is 4.19. The van der Waals surface area contributed by atoms with Crippen LogP contribution in [0.2, 0.25) is 0 Å². The third-order valence-electron chi connectivity index (χ3n) is 4.63. The molecule has 2 aromatic heterocycles. The van der Waals surface area contributed by atoms with Crippen LogP contribution in [-0.2, 0) is 0 Å². The lowest BCUT2D eigenvalue weighted by molar-refractivity contribution is 0.188. The first-order valence-corrected chi connectivity index (χ1v) is 8.74. The number of hydrogen-bond donors (Lipinski definition) is 1. The van der Waals surface area contributed by atoms with Crippen molar-refractivity contribution >= 4 is 29.9 Å². The molecule has 0 bridgehead atoms. The van der Waals surface area contributed by atoms with Crippen molar-refractivity contribution in [1.82, 2.24) is 24.8 Å². The number of rotatable bonds is 5. The van der Waals surface area contributed by atoms with Crippen LogP contribution in [0.25, 0.3) is 0 Å². The van der Waals surface area contributed by atoms with Gasteiger partial charge in [-0.05, 0) is 24.5 Å². The molecular weight excluding hydrogens is 443 g/mol.